The average Bonchev–Trinajstić information content (AvgIpc) is 3.61. The predicted octanol–water partition coefficient (Wildman–Crippen LogP) is 9.97. The van der Waals surface area contributed by atoms with Gasteiger partial charge in [-0.3, -0.25) is 0 Å². The molecule has 4 aromatic carbocycles. The van der Waals surface area contributed by atoms with Gasteiger partial charge in [0.05, 0.1) is 17.2 Å². The van der Waals surface area contributed by atoms with Crippen LogP contribution in [0.25, 0.3) is 55.6 Å². The number of furan rings is 1. The van der Waals surface area contributed by atoms with E-state index in [-0.39, 0.29) is 25.5 Å². The van der Waals surface area contributed by atoms with Crippen LogP contribution in [-0.2, 0) is 32.9 Å². The summed E-state index contributed by atoms with van der Waals surface area (Å²) in [5.74, 6) is 0. The van der Waals surface area contributed by atoms with Crippen LogP contribution in [0.3, 0.4) is 0 Å². The molecule has 227 valence electrons. The summed E-state index contributed by atoms with van der Waals surface area (Å²) in [4.78, 5) is 8.81. The maximum Gasteiger partial charge on any atom is 0.130 e. The zero-order chi connectivity index (χ0) is 31.0. The van der Waals surface area contributed by atoms with Gasteiger partial charge in [0.15, 0.2) is 0 Å². The monoisotopic (exact) mass is 774 g/mol. The first-order chi connectivity index (χ1) is 21.9. The number of rotatable bonds is 3. The minimum atomic E-state index is 0. The van der Waals surface area contributed by atoms with E-state index in [9.17, 15) is 5.26 Å². The van der Waals surface area contributed by atoms with Gasteiger partial charge in [-0.25, -0.2) is 0 Å². The Labute approximate surface area is 283 Å². The molecule has 1 aliphatic rings. The molecule has 46 heavy (non-hydrogen) atoms. The molecule has 0 bridgehead atoms. The molecular weight excluding hydrogens is 743 g/mol. The summed E-state index contributed by atoms with van der Waals surface area (Å²) in [5.41, 5.74) is 11.9. The van der Waals surface area contributed by atoms with Gasteiger partial charge in [0.1, 0.15) is 5.58 Å². The number of hydrogen-bond donors (Lipinski definition) is 0. The maximum absolute atomic E-state index is 9.92. The number of pyridine rings is 2. The topological polar surface area (TPSA) is 62.7 Å². The summed E-state index contributed by atoms with van der Waals surface area (Å²) in [6.07, 6.45) is 5.78. The molecule has 1 radical (unpaired) electrons. The molecule has 8 rings (SSSR count). The van der Waals surface area contributed by atoms with Crippen molar-refractivity contribution in [2.24, 2.45) is 5.41 Å². The number of benzene rings is 4. The Hall–Kier alpha value is -4.88. The predicted molar refractivity (Wildman–Crippen MR) is 180 cm³/mol. The number of hydrogen-bond acceptors (Lipinski definition) is 4. The number of aryl methyl sites for hydroxylation is 1. The van der Waals surface area contributed by atoms with Crippen molar-refractivity contribution in [1.29, 1.82) is 5.26 Å². The third kappa shape index (κ3) is 6.03. The van der Waals surface area contributed by atoms with Crippen LogP contribution in [0.2, 0.25) is 0 Å². The molecule has 0 N–H and O–H groups in total. The maximum atomic E-state index is 9.92. The van der Waals surface area contributed by atoms with Crippen LogP contribution in [0.1, 0.15) is 36.1 Å². The fraction of sp³-hybridized carbons (Fsp3) is 0.146. The Morgan fingerprint density at radius 2 is 1.61 bits per heavy atom. The number of nitriles is 1. The van der Waals surface area contributed by atoms with Crippen molar-refractivity contribution in [2.75, 3.05) is 0 Å². The van der Waals surface area contributed by atoms with Crippen molar-refractivity contribution < 1.29 is 24.5 Å². The SMILES string of the molecule is CC1(C)Cc2ccc(-c3c(C#N)ccc4c3oc3c(-c5ccccn5)[c-]ccc34)cc2C1.Cc1ccc(-c2[c-]cccc2)nc1.[Ir]. The summed E-state index contributed by atoms with van der Waals surface area (Å²) >= 11 is 0. The molecule has 0 unspecified atom stereocenters. The van der Waals surface area contributed by atoms with Gasteiger partial charge in [-0.2, -0.15) is 5.26 Å². The Kier molecular flexibility index (Phi) is 8.69. The quantitative estimate of drug-likeness (QED) is 0.168. The van der Waals surface area contributed by atoms with Gasteiger partial charge in [0.25, 0.3) is 0 Å². The Morgan fingerprint density at radius 3 is 2.35 bits per heavy atom. The van der Waals surface area contributed by atoms with Crippen molar-refractivity contribution in [3.63, 3.8) is 0 Å². The molecule has 0 fully saturated rings. The van der Waals surface area contributed by atoms with Gasteiger partial charge in [-0.1, -0.05) is 73.3 Å². The standard InChI is InChI=1S/C29H21N2O.C12H10N.Ir/c1-29(2)15-19-10-9-18(14-21(19)16-29)26-20(17-30)11-12-23-22-6-5-7-24(27(22)32-28(23)26)25-8-3-4-13-31-25;1-10-7-8-12(13-9-10)11-5-3-2-4-6-11;/h3-6,8-14H,15-16H2,1-2H3;2-5,7-9H,1H3;/q2*-1;. The first-order valence-electron chi connectivity index (χ1n) is 15.1. The van der Waals surface area contributed by atoms with Crippen LogP contribution < -0.4 is 0 Å². The molecule has 0 atom stereocenters. The van der Waals surface area contributed by atoms with Gasteiger partial charge < -0.3 is 14.4 Å². The summed E-state index contributed by atoms with van der Waals surface area (Å²) < 4.78 is 6.50. The van der Waals surface area contributed by atoms with Crippen LogP contribution >= 0.6 is 0 Å². The van der Waals surface area contributed by atoms with E-state index in [1.54, 1.807) is 6.20 Å². The van der Waals surface area contributed by atoms with E-state index < -0.39 is 0 Å². The first kappa shape index (κ1) is 31.1. The molecular formula is C41H31IrN3O-2. The van der Waals surface area contributed by atoms with Crippen LogP contribution in [-0.4, -0.2) is 9.97 Å². The van der Waals surface area contributed by atoms with Crippen LogP contribution in [0.5, 0.6) is 0 Å². The van der Waals surface area contributed by atoms with E-state index in [1.807, 2.05) is 85.9 Å². The largest absolute Gasteiger partial charge is 0.500 e. The third-order valence-electron chi connectivity index (χ3n) is 8.37. The van der Waals surface area contributed by atoms with Crippen molar-refractivity contribution in [2.45, 2.75) is 33.6 Å². The Balaban J connectivity index is 0.000000223. The second-order valence-electron chi connectivity index (χ2n) is 12.4. The van der Waals surface area contributed by atoms with E-state index in [0.717, 1.165) is 68.4 Å². The zero-order valence-electron chi connectivity index (χ0n) is 25.9. The molecule has 0 saturated heterocycles. The van der Waals surface area contributed by atoms with Crippen molar-refractivity contribution in [1.82, 2.24) is 9.97 Å². The molecule has 5 heteroatoms. The van der Waals surface area contributed by atoms with E-state index in [2.05, 4.69) is 66.3 Å². The minimum Gasteiger partial charge on any atom is -0.500 e. The molecule has 3 aromatic heterocycles. The van der Waals surface area contributed by atoms with Crippen LogP contribution in [0, 0.1) is 35.8 Å². The molecule has 1 aliphatic carbocycles. The number of fused-ring (bicyclic) bond motifs is 4. The minimum absolute atomic E-state index is 0. The van der Waals surface area contributed by atoms with Gasteiger partial charge in [0.2, 0.25) is 0 Å². The molecule has 4 nitrogen and oxygen atoms in total. The van der Waals surface area contributed by atoms with Gasteiger partial charge in [0, 0.05) is 43.4 Å². The van der Waals surface area contributed by atoms with Crippen LogP contribution in [0.15, 0.2) is 114 Å². The molecule has 0 saturated carbocycles. The number of aromatic nitrogens is 2. The summed E-state index contributed by atoms with van der Waals surface area (Å²) in [5, 5.41) is 11.9. The average molecular weight is 774 g/mol. The van der Waals surface area contributed by atoms with Gasteiger partial charge in [-0.05, 0) is 71.0 Å². The summed E-state index contributed by atoms with van der Waals surface area (Å²) in [6.45, 7) is 6.65. The van der Waals surface area contributed by atoms with E-state index in [4.69, 9.17) is 4.42 Å². The van der Waals surface area contributed by atoms with Crippen molar-refractivity contribution >= 4 is 21.9 Å². The first-order valence-corrected chi connectivity index (χ1v) is 15.1. The smallest absolute Gasteiger partial charge is 0.130 e. The fourth-order valence-corrected chi connectivity index (χ4v) is 6.28. The Bertz CT molecular complexity index is 2200. The molecule has 7 aromatic rings. The second-order valence-corrected chi connectivity index (χ2v) is 12.4. The fourth-order valence-electron chi connectivity index (χ4n) is 6.28. The third-order valence-corrected chi connectivity index (χ3v) is 8.37. The normalized spacial score (nSPS) is 12.9. The van der Waals surface area contributed by atoms with Crippen molar-refractivity contribution in [3.8, 4) is 39.7 Å². The van der Waals surface area contributed by atoms with Crippen LogP contribution in [0.4, 0.5) is 0 Å². The number of nitrogens with zero attached hydrogens (tertiary/aromatic N) is 3. The Morgan fingerprint density at radius 1 is 0.783 bits per heavy atom. The van der Waals surface area contributed by atoms with Crippen molar-refractivity contribution in [3.05, 3.63) is 144 Å². The molecule has 0 spiro atoms. The molecule has 3 heterocycles. The molecule has 0 amide bonds. The van der Waals surface area contributed by atoms with Gasteiger partial charge >= 0.3 is 0 Å². The summed E-state index contributed by atoms with van der Waals surface area (Å²) in [6, 6.07) is 41.0. The van der Waals surface area contributed by atoms with E-state index in [0.29, 0.717) is 5.56 Å². The summed E-state index contributed by atoms with van der Waals surface area (Å²) in [7, 11) is 0. The van der Waals surface area contributed by atoms with Gasteiger partial charge in [-0.15, -0.1) is 54.1 Å². The zero-order valence-corrected chi connectivity index (χ0v) is 28.3. The second kappa shape index (κ2) is 12.9. The molecule has 0 aliphatic heterocycles. The van der Waals surface area contributed by atoms with E-state index >= 15 is 0 Å². The van der Waals surface area contributed by atoms with E-state index in [1.165, 1.54) is 16.7 Å².